The third-order valence-corrected chi connectivity index (χ3v) is 2.08. The Labute approximate surface area is 94.5 Å². The lowest BCUT2D eigenvalue weighted by Crippen LogP contribution is -1.95. The summed E-state index contributed by atoms with van der Waals surface area (Å²) >= 11 is 0.680. The van der Waals surface area contributed by atoms with Gasteiger partial charge < -0.3 is 0 Å². The van der Waals surface area contributed by atoms with E-state index < -0.39 is 9.85 Å². The third kappa shape index (κ3) is 3.05. The molecule has 0 bridgehead atoms. The lowest BCUT2D eigenvalue weighted by atomic mass is 10.3. The monoisotopic (exact) mass is 251 g/mol. The summed E-state index contributed by atoms with van der Waals surface area (Å²) in [5.74, 6) is 0. The molecule has 7 nitrogen and oxygen atoms in total. The van der Waals surface area contributed by atoms with Crippen molar-refractivity contribution in [3.05, 3.63) is 38.4 Å². The molecule has 0 amide bonds. The van der Waals surface area contributed by atoms with Crippen molar-refractivity contribution in [3.8, 4) is 0 Å². The molecule has 0 fully saturated rings. The average molecular weight is 252 g/mol. The van der Waals surface area contributed by atoms with E-state index in [9.17, 15) is 20.2 Å². The van der Waals surface area contributed by atoms with Gasteiger partial charge in [-0.15, -0.1) is 12.4 Å². The van der Waals surface area contributed by atoms with Gasteiger partial charge in [0.1, 0.15) is 4.90 Å². The minimum absolute atomic E-state index is 0. The molecule has 0 spiro atoms. The van der Waals surface area contributed by atoms with Gasteiger partial charge in [-0.05, 0) is 18.0 Å². The molecule has 0 heterocycles. The summed E-state index contributed by atoms with van der Waals surface area (Å²) < 4.78 is 0. The van der Waals surface area contributed by atoms with E-state index in [1.165, 1.54) is 12.1 Å². The fraction of sp³-hybridized carbons (Fsp3) is 0. The van der Waals surface area contributed by atoms with Gasteiger partial charge in [0, 0.05) is 6.07 Å². The zero-order valence-electron chi connectivity index (χ0n) is 7.15. The molecule has 82 valence electrons. The molecule has 1 aromatic rings. The summed E-state index contributed by atoms with van der Waals surface area (Å²) in [5.41, 5.74) is -0.679. The van der Waals surface area contributed by atoms with Crippen LogP contribution in [0.25, 0.3) is 0 Å². The van der Waals surface area contributed by atoms with Crippen LogP contribution in [0.3, 0.4) is 0 Å². The summed E-state index contributed by atoms with van der Waals surface area (Å²) in [7, 11) is 0. The summed E-state index contributed by atoms with van der Waals surface area (Å²) in [6.07, 6.45) is 0. The molecule has 1 aromatic carbocycles. The van der Waals surface area contributed by atoms with Gasteiger partial charge in [0.15, 0.2) is 0 Å². The highest BCUT2D eigenvalue weighted by atomic mass is 35.5. The number of halogens is 1. The number of hydrogen-bond donors (Lipinski definition) is 1. The molecule has 0 aliphatic carbocycles. The maximum absolute atomic E-state index is 10.5. The van der Waals surface area contributed by atoms with E-state index in [0.717, 1.165) is 6.07 Å². The lowest BCUT2D eigenvalue weighted by molar-refractivity contribution is -0.396. The number of nitrogens with two attached hydrogens (primary N) is 1. The molecule has 0 aromatic heterocycles. The van der Waals surface area contributed by atoms with Crippen LogP contribution < -0.4 is 5.14 Å². The Morgan fingerprint density at radius 1 is 1.20 bits per heavy atom. The molecule has 0 atom stereocenters. The van der Waals surface area contributed by atoms with Gasteiger partial charge in [0.05, 0.1) is 15.9 Å². The van der Waals surface area contributed by atoms with Crippen LogP contribution in [0.4, 0.5) is 11.4 Å². The van der Waals surface area contributed by atoms with Crippen molar-refractivity contribution in [1.82, 2.24) is 0 Å². The molecule has 0 unspecified atom stereocenters. The van der Waals surface area contributed by atoms with Crippen LogP contribution in [0.5, 0.6) is 0 Å². The van der Waals surface area contributed by atoms with Crippen molar-refractivity contribution >= 4 is 35.7 Å². The highest BCUT2D eigenvalue weighted by Gasteiger charge is 2.18. The Morgan fingerprint density at radius 3 is 2.20 bits per heavy atom. The number of nitrogens with zero attached hydrogens (tertiary/aromatic N) is 2. The van der Waals surface area contributed by atoms with Gasteiger partial charge in [-0.3, -0.25) is 25.4 Å². The van der Waals surface area contributed by atoms with Gasteiger partial charge in [0.2, 0.25) is 0 Å². The molecule has 0 aliphatic heterocycles. The van der Waals surface area contributed by atoms with Crippen molar-refractivity contribution in [2.24, 2.45) is 5.14 Å². The number of nitro benzene ring substituents is 2. The number of hydrogen-bond acceptors (Lipinski definition) is 6. The molecule has 0 saturated heterocycles. The summed E-state index contributed by atoms with van der Waals surface area (Å²) in [5, 5.41) is 25.9. The largest absolute Gasteiger partial charge is 0.291 e. The molecular weight excluding hydrogens is 246 g/mol. The van der Waals surface area contributed by atoms with E-state index in [4.69, 9.17) is 5.14 Å². The fourth-order valence-corrected chi connectivity index (χ4v) is 1.26. The molecule has 2 N–H and O–H groups in total. The first-order valence-corrected chi connectivity index (χ1v) is 4.24. The number of nitro groups is 2. The first-order valence-electron chi connectivity index (χ1n) is 3.36. The van der Waals surface area contributed by atoms with E-state index in [1.54, 1.807) is 0 Å². The Kier molecular flexibility index (Phi) is 4.98. The minimum atomic E-state index is -0.706. The van der Waals surface area contributed by atoms with Crippen LogP contribution in [0.15, 0.2) is 23.1 Å². The quantitative estimate of drug-likeness (QED) is 0.499. The first kappa shape index (κ1) is 13.6. The van der Waals surface area contributed by atoms with Gasteiger partial charge in [-0.1, -0.05) is 0 Å². The number of benzene rings is 1. The molecule has 9 heteroatoms. The summed E-state index contributed by atoms with van der Waals surface area (Å²) in [6, 6.07) is 3.30. The van der Waals surface area contributed by atoms with Gasteiger partial charge in [0.25, 0.3) is 11.4 Å². The average Bonchev–Trinajstić information content (AvgIpc) is 2.16. The zero-order valence-corrected chi connectivity index (χ0v) is 8.79. The second kappa shape index (κ2) is 5.49. The van der Waals surface area contributed by atoms with Crippen LogP contribution in [0.1, 0.15) is 0 Å². The molecule has 0 saturated carbocycles. The van der Waals surface area contributed by atoms with Crippen molar-refractivity contribution in [2.75, 3.05) is 0 Å². The topological polar surface area (TPSA) is 112 Å². The molecule has 15 heavy (non-hydrogen) atoms. The highest BCUT2D eigenvalue weighted by molar-refractivity contribution is 7.97. The SMILES string of the molecule is Cl.NSc1ccc([N+](=O)[O-])cc1[N+](=O)[O-]. The maximum atomic E-state index is 10.5. The van der Waals surface area contributed by atoms with E-state index in [-0.39, 0.29) is 28.7 Å². The zero-order chi connectivity index (χ0) is 10.7. The summed E-state index contributed by atoms with van der Waals surface area (Å²) in [6.45, 7) is 0. The van der Waals surface area contributed by atoms with Crippen LogP contribution >= 0.6 is 24.4 Å². The standard InChI is InChI=1S/C6H5N3O4S.ClH/c7-14-6-2-1-4(8(10)11)3-5(6)9(12)13;/h1-3H,7H2;1H. The minimum Gasteiger partial charge on any atom is -0.273 e. The number of rotatable bonds is 3. The van der Waals surface area contributed by atoms with Crippen molar-refractivity contribution in [1.29, 1.82) is 0 Å². The number of non-ortho nitro benzene ring substituents is 1. The van der Waals surface area contributed by atoms with Crippen molar-refractivity contribution in [3.63, 3.8) is 0 Å². The molecule has 1 rings (SSSR count). The van der Waals surface area contributed by atoms with Crippen LogP contribution in [0.2, 0.25) is 0 Å². The van der Waals surface area contributed by atoms with Crippen molar-refractivity contribution in [2.45, 2.75) is 4.90 Å². The third-order valence-electron chi connectivity index (χ3n) is 1.48. The normalized spacial score (nSPS) is 9.13. The molecule has 0 radical (unpaired) electrons. The van der Waals surface area contributed by atoms with E-state index in [2.05, 4.69) is 0 Å². The van der Waals surface area contributed by atoms with Crippen LogP contribution in [0, 0.1) is 20.2 Å². The van der Waals surface area contributed by atoms with E-state index in [1.807, 2.05) is 0 Å². The molecule has 0 aliphatic rings. The predicted octanol–water partition coefficient (Wildman–Crippen LogP) is 1.89. The Hall–Kier alpha value is -1.38. The lowest BCUT2D eigenvalue weighted by Gasteiger charge is -1.97. The smallest absolute Gasteiger partial charge is 0.273 e. The molecular formula is C6H6ClN3O4S. The highest BCUT2D eigenvalue weighted by Crippen LogP contribution is 2.29. The van der Waals surface area contributed by atoms with Crippen molar-refractivity contribution < 1.29 is 9.85 Å². The Bertz CT molecular complexity index is 400. The Balaban J connectivity index is 0.00000196. The Morgan fingerprint density at radius 2 is 1.80 bits per heavy atom. The second-order valence-corrected chi connectivity index (χ2v) is 2.96. The van der Waals surface area contributed by atoms with E-state index >= 15 is 0 Å². The predicted molar refractivity (Wildman–Crippen MR) is 57.0 cm³/mol. The van der Waals surface area contributed by atoms with Crippen LogP contribution in [-0.4, -0.2) is 9.85 Å². The van der Waals surface area contributed by atoms with E-state index in [0.29, 0.717) is 11.9 Å². The maximum Gasteiger partial charge on any atom is 0.291 e. The van der Waals surface area contributed by atoms with Crippen LogP contribution in [-0.2, 0) is 0 Å². The first-order chi connectivity index (χ1) is 6.56. The second-order valence-electron chi connectivity index (χ2n) is 2.28. The van der Waals surface area contributed by atoms with Gasteiger partial charge in [-0.2, -0.15) is 0 Å². The van der Waals surface area contributed by atoms with Gasteiger partial charge >= 0.3 is 0 Å². The summed E-state index contributed by atoms with van der Waals surface area (Å²) in [4.78, 5) is 19.6. The fourth-order valence-electron chi connectivity index (χ4n) is 0.862. The van der Waals surface area contributed by atoms with Gasteiger partial charge in [-0.25, -0.2) is 0 Å².